The third-order valence-corrected chi connectivity index (χ3v) is 4.99. The van der Waals surface area contributed by atoms with E-state index in [0.717, 1.165) is 13.6 Å². The average Bonchev–Trinajstić information content (AvgIpc) is 2.34. The van der Waals surface area contributed by atoms with Crippen LogP contribution in [0.1, 0.15) is 26.3 Å². The average molecular weight is 477 g/mol. The number of hydrogen-bond acceptors (Lipinski definition) is 3. The molecule has 0 aliphatic carbocycles. The quantitative estimate of drug-likeness (QED) is 0.596. The number of rotatable bonds is 2. The molecule has 0 spiro atoms. The van der Waals surface area contributed by atoms with Crippen LogP contribution in [0.4, 0.5) is 4.79 Å². The fourth-order valence-electron chi connectivity index (χ4n) is 2.37. The van der Waals surface area contributed by atoms with Gasteiger partial charge in [-0.15, -0.1) is 0 Å². The Morgan fingerprint density at radius 2 is 2.23 bits per heavy atom. The van der Waals surface area contributed by atoms with E-state index in [1.54, 1.807) is 4.90 Å². The molecule has 1 aromatic rings. The minimum absolute atomic E-state index is 0.116. The van der Waals surface area contributed by atoms with Crippen molar-refractivity contribution in [2.75, 3.05) is 6.54 Å². The summed E-state index contributed by atoms with van der Waals surface area (Å²) in [6.07, 6.45) is 0.333. The minimum Gasteiger partial charge on any atom is -0.444 e. The summed E-state index contributed by atoms with van der Waals surface area (Å²) in [6, 6.07) is 8.22. The molecule has 1 fully saturated rings. The number of nitriles is 1. The minimum atomic E-state index is -0.522. The number of benzene rings is 1. The summed E-state index contributed by atoms with van der Waals surface area (Å²) in [5, 5.41) is 9.24. The Morgan fingerprint density at radius 3 is 2.77 bits per heavy atom. The van der Waals surface area contributed by atoms with Gasteiger partial charge in [-0.2, -0.15) is 5.26 Å². The highest BCUT2D eigenvalue weighted by Gasteiger charge is 2.44. The van der Waals surface area contributed by atoms with Crippen molar-refractivity contribution in [1.29, 1.82) is 5.26 Å². The van der Waals surface area contributed by atoms with Crippen LogP contribution in [-0.4, -0.2) is 29.2 Å². The first-order chi connectivity index (χ1) is 10.2. The van der Waals surface area contributed by atoms with Gasteiger partial charge in [-0.1, -0.05) is 22.0 Å². The van der Waals surface area contributed by atoms with E-state index in [1.165, 1.54) is 0 Å². The van der Waals surface area contributed by atoms with Crippen molar-refractivity contribution in [2.45, 2.75) is 38.8 Å². The van der Waals surface area contributed by atoms with Gasteiger partial charge >= 0.3 is 6.09 Å². The normalized spacial score (nSPS) is 21.0. The molecule has 2 atom stereocenters. The lowest BCUT2D eigenvalue weighted by molar-refractivity contribution is -0.0182. The molecule has 22 heavy (non-hydrogen) atoms. The van der Waals surface area contributed by atoms with Crippen molar-refractivity contribution < 1.29 is 9.53 Å². The zero-order chi connectivity index (χ0) is 16.5. The summed E-state index contributed by atoms with van der Waals surface area (Å²) >= 11 is 5.72. The van der Waals surface area contributed by atoms with Crippen molar-refractivity contribution in [3.05, 3.63) is 31.8 Å². The largest absolute Gasteiger partial charge is 0.444 e. The molecular weight excluding hydrogens is 459 g/mol. The standard InChI is InChI=1S/C16H18BrIN2O2/c1-16(2,3)22-15(21)20-9-11(8-19)14(20)6-10-4-5-12(17)7-13(10)18/h4-5,7,11,14H,6,9H2,1-3H3. The fourth-order valence-corrected chi connectivity index (χ4v) is 3.90. The second-order valence-electron chi connectivity index (χ2n) is 6.38. The number of hydrogen-bond donors (Lipinski definition) is 0. The third kappa shape index (κ3) is 4.13. The van der Waals surface area contributed by atoms with E-state index in [9.17, 15) is 10.1 Å². The van der Waals surface area contributed by atoms with Gasteiger partial charge in [-0.25, -0.2) is 4.79 Å². The van der Waals surface area contributed by atoms with Crippen molar-refractivity contribution in [3.63, 3.8) is 0 Å². The summed E-state index contributed by atoms with van der Waals surface area (Å²) in [5.74, 6) is -0.132. The van der Waals surface area contributed by atoms with Gasteiger partial charge in [0.25, 0.3) is 0 Å². The van der Waals surface area contributed by atoms with Crippen LogP contribution < -0.4 is 0 Å². The number of carbonyl (C=O) groups excluding carboxylic acids is 1. The van der Waals surface area contributed by atoms with Gasteiger partial charge in [0.2, 0.25) is 0 Å². The molecule has 1 saturated heterocycles. The number of carbonyl (C=O) groups is 1. The molecule has 118 valence electrons. The van der Waals surface area contributed by atoms with Gasteiger partial charge in [-0.3, -0.25) is 0 Å². The van der Waals surface area contributed by atoms with E-state index in [2.05, 4.69) is 44.6 Å². The summed E-state index contributed by atoms with van der Waals surface area (Å²) < 4.78 is 7.57. The van der Waals surface area contributed by atoms with Gasteiger partial charge in [-0.05, 0) is 67.5 Å². The third-order valence-electron chi connectivity index (χ3n) is 3.50. The summed E-state index contributed by atoms with van der Waals surface area (Å²) in [5.41, 5.74) is 0.619. The Hall–Kier alpha value is -0.810. The predicted octanol–water partition coefficient (Wildman–Crippen LogP) is 4.36. The number of nitrogens with zero attached hydrogens (tertiary/aromatic N) is 2. The summed E-state index contributed by atoms with van der Waals surface area (Å²) in [6.45, 7) is 5.99. The van der Waals surface area contributed by atoms with Crippen LogP contribution in [0, 0.1) is 20.8 Å². The second-order valence-corrected chi connectivity index (χ2v) is 8.45. The zero-order valence-corrected chi connectivity index (χ0v) is 16.5. The molecule has 2 unspecified atom stereocenters. The van der Waals surface area contributed by atoms with Gasteiger partial charge in [0.1, 0.15) is 5.60 Å². The molecule has 1 heterocycles. The molecule has 0 saturated carbocycles. The van der Waals surface area contributed by atoms with Gasteiger partial charge in [0.05, 0.1) is 18.0 Å². The Kier molecular flexibility index (Phi) is 5.38. The SMILES string of the molecule is CC(C)(C)OC(=O)N1CC(C#N)C1Cc1ccc(Br)cc1I. The number of halogens is 2. The van der Waals surface area contributed by atoms with E-state index >= 15 is 0 Å². The monoisotopic (exact) mass is 476 g/mol. The van der Waals surface area contributed by atoms with Crippen LogP contribution in [-0.2, 0) is 11.2 Å². The topological polar surface area (TPSA) is 53.3 Å². The predicted molar refractivity (Wildman–Crippen MR) is 96.4 cm³/mol. The first-order valence-electron chi connectivity index (χ1n) is 7.04. The van der Waals surface area contributed by atoms with Crippen LogP contribution in [0.25, 0.3) is 0 Å². The smallest absolute Gasteiger partial charge is 0.410 e. The highest BCUT2D eigenvalue weighted by atomic mass is 127. The van der Waals surface area contributed by atoms with Crippen molar-refractivity contribution in [3.8, 4) is 6.07 Å². The molecule has 1 aliphatic rings. The van der Waals surface area contributed by atoms with E-state index in [0.29, 0.717) is 13.0 Å². The van der Waals surface area contributed by atoms with E-state index < -0.39 is 5.60 Å². The van der Waals surface area contributed by atoms with Crippen LogP contribution in [0.2, 0.25) is 0 Å². The molecular formula is C16H18BrIN2O2. The highest BCUT2D eigenvalue weighted by Crippen LogP contribution is 2.31. The molecule has 4 nitrogen and oxygen atoms in total. The van der Waals surface area contributed by atoms with Gasteiger partial charge in [0, 0.05) is 14.6 Å². The Morgan fingerprint density at radius 1 is 1.55 bits per heavy atom. The summed E-state index contributed by atoms with van der Waals surface area (Å²) in [4.78, 5) is 13.9. The first-order valence-corrected chi connectivity index (χ1v) is 8.91. The van der Waals surface area contributed by atoms with Crippen molar-refractivity contribution in [2.24, 2.45) is 5.92 Å². The van der Waals surface area contributed by atoms with Crippen LogP contribution in [0.15, 0.2) is 22.7 Å². The maximum absolute atomic E-state index is 12.2. The first kappa shape index (κ1) is 17.5. The lowest BCUT2D eigenvalue weighted by Gasteiger charge is -2.45. The number of amides is 1. The maximum Gasteiger partial charge on any atom is 0.410 e. The van der Waals surface area contributed by atoms with E-state index in [1.807, 2.05) is 39.0 Å². The highest BCUT2D eigenvalue weighted by molar-refractivity contribution is 14.1. The van der Waals surface area contributed by atoms with Crippen molar-refractivity contribution >= 4 is 44.6 Å². The van der Waals surface area contributed by atoms with Crippen LogP contribution in [0.3, 0.4) is 0 Å². The molecule has 6 heteroatoms. The summed E-state index contributed by atoms with van der Waals surface area (Å²) in [7, 11) is 0. The molecule has 1 aromatic carbocycles. The van der Waals surface area contributed by atoms with Crippen LogP contribution >= 0.6 is 38.5 Å². The second kappa shape index (κ2) is 6.75. The fraction of sp³-hybridized carbons (Fsp3) is 0.500. The lowest BCUT2D eigenvalue weighted by atomic mass is 9.85. The molecule has 2 rings (SSSR count). The van der Waals surface area contributed by atoms with Gasteiger partial charge in [0.15, 0.2) is 0 Å². The van der Waals surface area contributed by atoms with E-state index in [4.69, 9.17) is 4.74 Å². The Bertz CT molecular complexity index is 622. The number of likely N-dealkylation sites (tertiary alicyclic amines) is 1. The molecule has 0 bridgehead atoms. The molecule has 0 N–H and O–H groups in total. The van der Waals surface area contributed by atoms with E-state index in [-0.39, 0.29) is 18.1 Å². The zero-order valence-electron chi connectivity index (χ0n) is 12.8. The number of ether oxygens (including phenoxy) is 1. The molecule has 0 radical (unpaired) electrons. The Labute approximate surface area is 153 Å². The van der Waals surface area contributed by atoms with Crippen molar-refractivity contribution in [1.82, 2.24) is 4.90 Å². The Balaban J connectivity index is 2.12. The molecule has 1 amide bonds. The van der Waals surface area contributed by atoms with Gasteiger partial charge < -0.3 is 9.64 Å². The molecule has 1 aliphatic heterocycles. The van der Waals surface area contributed by atoms with Crippen LogP contribution in [0.5, 0.6) is 0 Å². The maximum atomic E-state index is 12.2. The lowest BCUT2D eigenvalue weighted by Crippen LogP contribution is -2.60. The molecule has 0 aromatic heterocycles.